The van der Waals surface area contributed by atoms with E-state index in [0.717, 1.165) is 28.9 Å². The number of nitrogens with zero attached hydrogens (tertiary/aromatic N) is 5. The number of anilines is 1. The number of benzene rings is 1. The first-order chi connectivity index (χ1) is 13.4. The SMILES string of the molecule is CCc1ccccc1NCCn1c(C)cn2c3c(=O)n(C)c(=O)n(C)c3nc12. The Morgan fingerprint density at radius 1 is 1.11 bits per heavy atom. The second kappa shape index (κ2) is 6.70. The minimum absolute atomic E-state index is 0.335. The Morgan fingerprint density at radius 2 is 1.86 bits per heavy atom. The number of hydrogen-bond donors (Lipinski definition) is 1. The lowest BCUT2D eigenvalue weighted by Gasteiger charge is -2.12. The van der Waals surface area contributed by atoms with Crippen molar-refractivity contribution in [3.05, 3.63) is 62.6 Å². The first kappa shape index (κ1) is 18.1. The van der Waals surface area contributed by atoms with Gasteiger partial charge in [-0.15, -0.1) is 0 Å². The van der Waals surface area contributed by atoms with E-state index in [1.165, 1.54) is 17.2 Å². The molecule has 0 fully saturated rings. The Balaban J connectivity index is 1.73. The zero-order chi connectivity index (χ0) is 20.0. The molecule has 3 heterocycles. The molecule has 4 aromatic rings. The van der Waals surface area contributed by atoms with E-state index in [0.29, 0.717) is 23.5 Å². The van der Waals surface area contributed by atoms with E-state index in [1.807, 2.05) is 25.3 Å². The molecule has 146 valence electrons. The van der Waals surface area contributed by atoms with Crippen LogP contribution in [0.1, 0.15) is 18.2 Å². The minimum Gasteiger partial charge on any atom is -0.383 e. The molecule has 0 spiro atoms. The van der Waals surface area contributed by atoms with Crippen LogP contribution in [0.25, 0.3) is 16.9 Å². The van der Waals surface area contributed by atoms with Crippen molar-refractivity contribution < 1.29 is 0 Å². The zero-order valence-corrected chi connectivity index (χ0v) is 16.6. The van der Waals surface area contributed by atoms with Gasteiger partial charge in [-0.1, -0.05) is 25.1 Å². The van der Waals surface area contributed by atoms with Crippen molar-refractivity contribution in [1.82, 2.24) is 23.1 Å². The average molecular weight is 380 g/mol. The van der Waals surface area contributed by atoms with E-state index in [-0.39, 0.29) is 11.2 Å². The Morgan fingerprint density at radius 3 is 2.61 bits per heavy atom. The van der Waals surface area contributed by atoms with Crippen LogP contribution in [0.3, 0.4) is 0 Å². The summed E-state index contributed by atoms with van der Waals surface area (Å²) < 4.78 is 6.38. The molecule has 0 saturated heterocycles. The van der Waals surface area contributed by atoms with Gasteiger partial charge in [-0.3, -0.25) is 18.3 Å². The third-order valence-electron chi connectivity index (χ3n) is 5.31. The van der Waals surface area contributed by atoms with Crippen LogP contribution in [0, 0.1) is 6.92 Å². The first-order valence-electron chi connectivity index (χ1n) is 9.39. The molecule has 28 heavy (non-hydrogen) atoms. The molecule has 0 unspecified atom stereocenters. The monoisotopic (exact) mass is 380 g/mol. The van der Waals surface area contributed by atoms with Crippen molar-refractivity contribution in [3.63, 3.8) is 0 Å². The van der Waals surface area contributed by atoms with Crippen LogP contribution >= 0.6 is 0 Å². The second-order valence-corrected chi connectivity index (χ2v) is 7.02. The highest BCUT2D eigenvalue weighted by atomic mass is 16.2. The first-order valence-corrected chi connectivity index (χ1v) is 9.39. The van der Waals surface area contributed by atoms with Crippen molar-refractivity contribution in [2.45, 2.75) is 26.8 Å². The van der Waals surface area contributed by atoms with E-state index in [2.05, 4.69) is 33.9 Å². The van der Waals surface area contributed by atoms with Crippen LogP contribution in [-0.4, -0.2) is 29.6 Å². The highest BCUT2D eigenvalue weighted by Crippen LogP contribution is 2.17. The van der Waals surface area contributed by atoms with E-state index in [9.17, 15) is 9.59 Å². The molecule has 0 aliphatic carbocycles. The number of nitrogens with one attached hydrogen (secondary N) is 1. The zero-order valence-electron chi connectivity index (χ0n) is 16.6. The fourth-order valence-electron chi connectivity index (χ4n) is 3.71. The van der Waals surface area contributed by atoms with Crippen molar-refractivity contribution in [2.24, 2.45) is 14.1 Å². The van der Waals surface area contributed by atoms with E-state index in [4.69, 9.17) is 0 Å². The largest absolute Gasteiger partial charge is 0.383 e. The van der Waals surface area contributed by atoms with E-state index < -0.39 is 0 Å². The predicted molar refractivity (Wildman–Crippen MR) is 110 cm³/mol. The molecule has 0 amide bonds. The quantitative estimate of drug-likeness (QED) is 0.571. The fraction of sp³-hybridized carbons (Fsp3) is 0.350. The number of para-hydroxylation sites is 1. The van der Waals surface area contributed by atoms with E-state index >= 15 is 0 Å². The summed E-state index contributed by atoms with van der Waals surface area (Å²) in [6.45, 7) is 5.55. The summed E-state index contributed by atoms with van der Waals surface area (Å²) in [5.74, 6) is 0.663. The van der Waals surface area contributed by atoms with E-state index in [1.54, 1.807) is 11.4 Å². The summed E-state index contributed by atoms with van der Waals surface area (Å²) in [6, 6.07) is 8.28. The van der Waals surface area contributed by atoms with Gasteiger partial charge in [-0.25, -0.2) is 4.79 Å². The van der Waals surface area contributed by atoms with Gasteiger partial charge in [0.2, 0.25) is 5.78 Å². The summed E-state index contributed by atoms with van der Waals surface area (Å²) >= 11 is 0. The Bertz CT molecular complexity index is 1300. The van der Waals surface area contributed by atoms with Crippen LogP contribution in [0.4, 0.5) is 5.69 Å². The van der Waals surface area contributed by atoms with Gasteiger partial charge in [0.15, 0.2) is 11.2 Å². The summed E-state index contributed by atoms with van der Waals surface area (Å²) in [4.78, 5) is 29.4. The topological polar surface area (TPSA) is 78.3 Å². The van der Waals surface area contributed by atoms with Gasteiger partial charge in [-0.2, -0.15) is 4.98 Å². The number of rotatable bonds is 5. The summed E-state index contributed by atoms with van der Waals surface area (Å²) in [6.07, 6.45) is 2.87. The summed E-state index contributed by atoms with van der Waals surface area (Å²) in [5, 5.41) is 3.49. The molecule has 3 aromatic heterocycles. The third kappa shape index (κ3) is 2.64. The molecule has 0 saturated carbocycles. The normalized spacial score (nSPS) is 11.6. The van der Waals surface area contributed by atoms with Gasteiger partial charge < -0.3 is 9.88 Å². The van der Waals surface area contributed by atoms with Crippen LogP contribution in [0.15, 0.2) is 40.1 Å². The highest BCUT2D eigenvalue weighted by molar-refractivity contribution is 5.75. The van der Waals surface area contributed by atoms with Gasteiger partial charge in [0, 0.05) is 44.8 Å². The molecule has 0 aliphatic heterocycles. The predicted octanol–water partition coefficient (Wildman–Crippen LogP) is 1.67. The molecule has 8 nitrogen and oxygen atoms in total. The van der Waals surface area contributed by atoms with Gasteiger partial charge in [0.05, 0.1) is 0 Å². The van der Waals surface area contributed by atoms with Gasteiger partial charge in [-0.05, 0) is 25.0 Å². The molecular formula is C20H24N6O2. The second-order valence-electron chi connectivity index (χ2n) is 7.02. The molecule has 1 aromatic carbocycles. The Hall–Kier alpha value is -3.29. The number of hydrogen-bond acceptors (Lipinski definition) is 4. The maximum atomic E-state index is 12.6. The number of imidazole rings is 2. The number of aromatic nitrogens is 5. The lowest BCUT2D eigenvalue weighted by molar-refractivity contribution is 0.706. The average Bonchev–Trinajstić information content (AvgIpc) is 3.20. The standard InChI is InChI=1S/C20H24N6O2/c1-5-14-8-6-7-9-15(14)21-10-11-25-13(2)12-26-16-17(22-19(25)26)23(3)20(28)24(4)18(16)27/h6-9,12,21H,5,10-11H2,1-4H3. The molecule has 8 heteroatoms. The molecule has 0 aliphatic rings. The fourth-order valence-corrected chi connectivity index (χ4v) is 3.71. The van der Waals surface area contributed by atoms with Crippen molar-refractivity contribution >= 4 is 22.6 Å². The highest BCUT2D eigenvalue weighted by Gasteiger charge is 2.18. The van der Waals surface area contributed by atoms with Crippen LogP contribution < -0.4 is 16.6 Å². The van der Waals surface area contributed by atoms with Crippen LogP contribution in [0.2, 0.25) is 0 Å². The molecule has 4 rings (SSSR count). The number of aryl methyl sites for hydroxylation is 3. The molecular weight excluding hydrogens is 356 g/mol. The Kier molecular flexibility index (Phi) is 4.33. The summed E-state index contributed by atoms with van der Waals surface area (Å²) in [5.41, 5.74) is 3.53. The molecule has 0 atom stereocenters. The number of fused-ring (bicyclic) bond motifs is 3. The van der Waals surface area contributed by atoms with Gasteiger partial charge >= 0.3 is 5.69 Å². The minimum atomic E-state index is -0.376. The third-order valence-corrected chi connectivity index (χ3v) is 5.31. The smallest absolute Gasteiger partial charge is 0.332 e. The maximum absolute atomic E-state index is 12.6. The van der Waals surface area contributed by atoms with Gasteiger partial charge in [0.1, 0.15) is 0 Å². The lowest BCUT2D eigenvalue weighted by atomic mass is 10.1. The molecule has 0 radical (unpaired) electrons. The van der Waals surface area contributed by atoms with Crippen molar-refractivity contribution in [3.8, 4) is 0 Å². The summed E-state index contributed by atoms with van der Waals surface area (Å²) in [7, 11) is 3.12. The van der Waals surface area contributed by atoms with Crippen molar-refractivity contribution in [1.29, 1.82) is 0 Å². The van der Waals surface area contributed by atoms with Crippen LogP contribution in [0.5, 0.6) is 0 Å². The van der Waals surface area contributed by atoms with Crippen LogP contribution in [-0.2, 0) is 27.1 Å². The lowest BCUT2D eigenvalue weighted by Crippen LogP contribution is -2.37. The molecule has 1 N–H and O–H groups in total. The maximum Gasteiger partial charge on any atom is 0.332 e. The van der Waals surface area contributed by atoms with Crippen molar-refractivity contribution in [2.75, 3.05) is 11.9 Å². The Labute approximate surface area is 161 Å². The van der Waals surface area contributed by atoms with Gasteiger partial charge in [0.25, 0.3) is 5.56 Å². The molecule has 0 bridgehead atoms.